The molecule has 0 spiro atoms. The van der Waals surface area contributed by atoms with E-state index in [1.165, 1.54) is 18.2 Å². The molecule has 1 heterocycles. The van der Waals surface area contributed by atoms with Crippen LogP contribution >= 0.6 is 23.2 Å². The molecule has 0 amide bonds. The maximum absolute atomic E-state index is 12.8. The third-order valence-electron chi connectivity index (χ3n) is 4.72. The second-order valence-corrected chi connectivity index (χ2v) is 9.49. The monoisotopic (exact) mass is 437 g/mol. The molecule has 0 aliphatic carbocycles. The standard InChI is InChI=1S/C21H21Cl2NO3S/c22-18-9-5-16(20(23)15-18)8-12-21(25)17-6-10-19(11-7-17)28(26,27)24-13-3-1-2-4-14-24/h5-12,15H,1-4,13-14H2/b12-8+. The van der Waals surface area contributed by atoms with Gasteiger partial charge in [-0.3, -0.25) is 4.79 Å². The molecule has 7 heteroatoms. The van der Waals surface area contributed by atoms with Gasteiger partial charge in [0.15, 0.2) is 5.78 Å². The molecule has 0 atom stereocenters. The highest BCUT2D eigenvalue weighted by atomic mass is 35.5. The fourth-order valence-corrected chi connectivity index (χ4v) is 5.11. The van der Waals surface area contributed by atoms with Crippen molar-refractivity contribution in [2.75, 3.05) is 13.1 Å². The van der Waals surface area contributed by atoms with E-state index in [9.17, 15) is 13.2 Å². The molecule has 0 radical (unpaired) electrons. The minimum absolute atomic E-state index is 0.218. The summed E-state index contributed by atoms with van der Waals surface area (Å²) in [5.41, 5.74) is 1.09. The number of sulfonamides is 1. The van der Waals surface area contributed by atoms with Crippen LogP contribution in [0.3, 0.4) is 0 Å². The average molecular weight is 438 g/mol. The second-order valence-electron chi connectivity index (χ2n) is 6.71. The lowest BCUT2D eigenvalue weighted by molar-refractivity contribution is 0.104. The molecule has 28 heavy (non-hydrogen) atoms. The van der Waals surface area contributed by atoms with Crippen LogP contribution in [0.15, 0.2) is 53.4 Å². The Morgan fingerprint density at radius 1 is 0.929 bits per heavy atom. The smallest absolute Gasteiger partial charge is 0.243 e. The molecule has 1 aliphatic rings. The zero-order valence-corrected chi connectivity index (χ0v) is 17.6. The molecule has 4 nitrogen and oxygen atoms in total. The molecule has 1 fully saturated rings. The van der Waals surface area contributed by atoms with E-state index < -0.39 is 10.0 Å². The van der Waals surface area contributed by atoms with Crippen LogP contribution in [0.2, 0.25) is 10.0 Å². The molecule has 1 saturated heterocycles. The number of hydrogen-bond acceptors (Lipinski definition) is 3. The third kappa shape index (κ3) is 5.03. The molecule has 0 N–H and O–H groups in total. The summed E-state index contributed by atoms with van der Waals surface area (Å²) in [6.07, 6.45) is 6.91. The van der Waals surface area contributed by atoms with Gasteiger partial charge < -0.3 is 0 Å². The Balaban J connectivity index is 1.74. The highest BCUT2D eigenvalue weighted by molar-refractivity contribution is 7.89. The van der Waals surface area contributed by atoms with Crippen LogP contribution < -0.4 is 0 Å². The number of allylic oxidation sites excluding steroid dienone is 1. The lowest BCUT2D eigenvalue weighted by atomic mass is 10.1. The molecule has 2 aromatic carbocycles. The summed E-state index contributed by atoms with van der Waals surface area (Å²) in [5, 5.41) is 0.977. The van der Waals surface area contributed by atoms with Crippen LogP contribution in [0, 0.1) is 0 Å². The van der Waals surface area contributed by atoms with Crippen LogP contribution in [0.4, 0.5) is 0 Å². The van der Waals surface area contributed by atoms with E-state index in [0.717, 1.165) is 25.7 Å². The molecule has 0 unspecified atom stereocenters. The molecular formula is C21H21Cl2NO3S. The number of carbonyl (C=O) groups is 1. The van der Waals surface area contributed by atoms with Crippen LogP contribution in [0.25, 0.3) is 6.08 Å². The van der Waals surface area contributed by atoms with Gasteiger partial charge in [-0.15, -0.1) is 0 Å². The molecule has 0 aromatic heterocycles. The van der Waals surface area contributed by atoms with Gasteiger partial charge in [0.1, 0.15) is 0 Å². The first-order valence-electron chi connectivity index (χ1n) is 9.15. The molecule has 1 aliphatic heterocycles. The number of nitrogens with zero attached hydrogens (tertiary/aromatic N) is 1. The Morgan fingerprint density at radius 2 is 1.57 bits per heavy atom. The molecule has 3 rings (SSSR count). The zero-order chi connectivity index (χ0) is 20.1. The summed E-state index contributed by atoms with van der Waals surface area (Å²) in [4.78, 5) is 12.6. The highest BCUT2D eigenvalue weighted by Gasteiger charge is 2.25. The van der Waals surface area contributed by atoms with Gasteiger partial charge in [-0.05, 0) is 67.0 Å². The van der Waals surface area contributed by atoms with Crippen molar-refractivity contribution >= 4 is 45.1 Å². The van der Waals surface area contributed by atoms with Gasteiger partial charge in [0.05, 0.1) is 4.90 Å². The second kappa shape index (κ2) is 9.23. The van der Waals surface area contributed by atoms with Crippen molar-refractivity contribution in [3.8, 4) is 0 Å². The van der Waals surface area contributed by atoms with E-state index >= 15 is 0 Å². The molecule has 0 saturated carbocycles. The van der Waals surface area contributed by atoms with E-state index in [1.54, 1.807) is 40.7 Å². The summed E-state index contributed by atoms with van der Waals surface area (Å²) in [6, 6.07) is 11.1. The van der Waals surface area contributed by atoms with E-state index in [0.29, 0.717) is 34.3 Å². The number of benzene rings is 2. The molecule has 2 aromatic rings. The summed E-state index contributed by atoms with van der Waals surface area (Å²) >= 11 is 12.0. The Kier molecular flexibility index (Phi) is 6.94. The van der Waals surface area contributed by atoms with Crippen LogP contribution in [-0.4, -0.2) is 31.6 Å². The van der Waals surface area contributed by atoms with Gasteiger partial charge in [-0.25, -0.2) is 8.42 Å². The van der Waals surface area contributed by atoms with E-state index in [2.05, 4.69) is 0 Å². The van der Waals surface area contributed by atoms with Crippen LogP contribution in [-0.2, 0) is 10.0 Å². The summed E-state index contributed by atoms with van der Waals surface area (Å²) in [6.45, 7) is 1.10. The normalized spacial score (nSPS) is 16.2. The van der Waals surface area contributed by atoms with E-state index in [4.69, 9.17) is 23.2 Å². The lowest BCUT2D eigenvalue weighted by Crippen LogP contribution is -2.31. The first-order chi connectivity index (χ1) is 13.4. The van der Waals surface area contributed by atoms with E-state index in [-0.39, 0.29) is 10.7 Å². The van der Waals surface area contributed by atoms with Crippen molar-refractivity contribution < 1.29 is 13.2 Å². The van der Waals surface area contributed by atoms with Crippen molar-refractivity contribution in [1.82, 2.24) is 4.31 Å². The maximum Gasteiger partial charge on any atom is 0.243 e. The molecule has 0 bridgehead atoms. The highest BCUT2D eigenvalue weighted by Crippen LogP contribution is 2.23. The van der Waals surface area contributed by atoms with Gasteiger partial charge >= 0.3 is 0 Å². The number of carbonyl (C=O) groups excluding carboxylic acids is 1. The Bertz CT molecular complexity index is 977. The van der Waals surface area contributed by atoms with Crippen molar-refractivity contribution in [3.05, 3.63) is 69.7 Å². The Morgan fingerprint density at radius 3 is 2.18 bits per heavy atom. The number of hydrogen-bond donors (Lipinski definition) is 0. The van der Waals surface area contributed by atoms with E-state index in [1.807, 2.05) is 0 Å². The van der Waals surface area contributed by atoms with Gasteiger partial charge in [0.2, 0.25) is 10.0 Å². The maximum atomic E-state index is 12.8. The van der Waals surface area contributed by atoms with Crippen molar-refractivity contribution in [3.63, 3.8) is 0 Å². The van der Waals surface area contributed by atoms with Gasteiger partial charge in [0.25, 0.3) is 0 Å². The summed E-state index contributed by atoms with van der Waals surface area (Å²) in [5.74, 6) is -0.232. The van der Waals surface area contributed by atoms with Gasteiger partial charge in [-0.2, -0.15) is 4.31 Å². The van der Waals surface area contributed by atoms with Crippen molar-refractivity contribution in [2.45, 2.75) is 30.6 Å². The average Bonchev–Trinajstić information content (AvgIpc) is 2.97. The Labute approximate surface area is 175 Å². The van der Waals surface area contributed by atoms with Crippen LogP contribution in [0.5, 0.6) is 0 Å². The summed E-state index contributed by atoms with van der Waals surface area (Å²) in [7, 11) is -3.52. The predicted molar refractivity (Wildman–Crippen MR) is 113 cm³/mol. The largest absolute Gasteiger partial charge is 0.289 e. The third-order valence-corrected chi connectivity index (χ3v) is 7.19. The number of halogens is 2. The predicted octanol–water partition coefficient (Wildman–Crippen LogP) is 5.45. The van der Waals surface area contributed by atoms with Crippen molar-refractivity contribution in [2.24, 2.45) is 0 Å². The fourth-order valence-electron chi connectivity index (χ4n) is 3.12. The number of ketones is 1. The first kappa shape index (κ1) is 21.1. The quantitative estimate of drug-likeness (QED) is 0.461. The van der Waals surface area contributed by atoms with Gasteiger partial charge in [-0.1, -0.05) is 42.1 Å². The SMILES string of the molecule is O=C(/C=C/c1ccc(Cl)cc1Cl)c1ccc(S(=O)(=O)N2CCCCCC2)cc1. The molecular weight excluding hydrogens is 417 g/mol. The fraction of sp³-hybridized carbons (Fsp3) is 0.286. The number of rotatable bonds is 5. The zero-order valence-electron chi connectivity index (χ0n) is 15.3. The van der Waals surface area contributed by atoms with Gasteiger partial charge in [0, 0.05) is 28.7 Å². The Hall–Kier alpha value is -1.66. The molecule has 148 valence electrons. The topological polar surface area (TPSA) is 54.5 Å². The minimum atomic E-state index is -3.52. The lowest BCUT2D eigenvalue weighted by Gasteiger charge is -2.19. The first-order valence-corrected chi connectivity index (χ1v) is 11.4. The summed E-state index contributed by atoms with van der Waals surface area (Å²) < 4.78 is 27.1. The van der Waals surface area contributed by atoms with Crippen molar-refractivity contribution in [1.29, 1.82) is 0 Å². The van der Waals surface area contributed by atoms with Crippen LogP contribution in [0.1, 0.15) is 41.6 Å². The minimum Gasteiger partial charge on any atom is -0.289 e.